The second-order valence-corrected chi connectivity index (χ2v) is 9.14. The Balaban J connectivity index is 1.68. The molecule has 0 saturated carbocycles. The summed E-state index contributed by atoms with van der Waals surface area (Å²) in [6.07, 6.45) is -1.91. The summed E-state index contributed by atoms with van der Waals surface area (Å²) < 4.78 is 50.4. The number of carbonyl (C=O) groups excluding carboxylic acids is 2. The standard InChI is InChI=1S/C25H24Cl2F3N5O4/c1-35(2)7-6-32-23(36)14-8-16(13-31-12-14)39-15-4-5-20(19(27)9-15)33-24(37)34-21-10-17(25(28,29)30)18(26)11-22(21)38-3/h4-5,8-13H,6-7H2,1-3H3,(H,32,36)(H2,33,34,37). The summed E-state index contributed by atoms with van der Waals surface area (Å²) in [5.74, 6) is 0.186. The van der Waals surface area contributed by atoms with Crippen LogP contribution in [0.3, 0.4) is 0 Å². The number of benzene rings is 2. The van der Waals surface area contributed by atoms with Crippen LogP contribution in [0.4, 0.5) is 29.3 Å². The van der Waals surface area contributed by atoms with Crippen molar-refractivity contribution in [1.82, 2.24) is 15.2 Å². The van der Waals surface area contributed by atoms with Crippen LogP contribution in [0.15, 0.2) is 48.8 Å². The van der Waals surface area contributed by atoms with Gasteiger partial charge in [-0.3, -0.25) is 9.78 Å². The van der Waals surface area contributed by atoms with Gasteiger partial charge >= 0.3 is 12.2 Å². The number of likely N-dealkylation sites (N-methyl/N-ethyl adjacent to an activating group) is 1. The van der Waals surface area contributed by atoms with Crippen LogP contribution in [0.25, 0.3) is 0 Å². The molecule has 208 valence electrons. The molecule has 39 heavy (non-hydrogen) atoms. The Kier molecular flexibility index (Phi) is 9.84. The van der Waals surface area contributed by atoms with Gasteiger partial charge in [-0.15, -0.1) is 0 Å². The lowest BCUT2D eigenvalue weighted by molar-refractivity contribution is -0.137. The Hall–Kier alpha value is -3.74. The number of carbonyl (C=O) groups is 2. The minimum absolute atomic E-state index is 0.0692. The first-order chi connectivity index (χ1) is 18.4. The van der Waals surface area contributed by atoms with E-state index < -0.39 is 22.8 Å². The smallest absolute Gasteiger partial charge is 0.417 e. The van der Waals surface area contributed by atoms with Crippen LogP contribution >= 0.6 is 23.2 Å². The molecule has 3 aromatic rings. The van der Waals surface area contributed by atoms with Crippen LogP contribution in [0.2, 0.25) is 10.0 Å². The Labute approximate surface area is 232 Å². The highest BCUT2D eigenvalue weighted by molar-refractivity contribution is 6.34. The highest BCUT2D eigenvalue weighted by Gasteiger charge is 2.34. The molecular formula is C25H24Cl2F3N5O4. The average molecular weight is 586 g/mol. The monoisotopic (exact) mass is 585 g/mol. The Bertz CT molecular complexity index is 1360. The molecule has 0 atom stereocenters. The van der Waals surface area contributed by atoms with E-state index in [9.17, 15) is 22.8 Å². The maximum atomic E-state index is 13.2. The Morgan fingerprint density at radius 2 is 1.69 bits per heavy atom. The number of rotatable bonds is 9. The number of nitrogens with one attached hydrogen (secondary N) is 3. The summed E-state index contributed by atoms with van der Waals surface area (Å²) in [5, 5.41) is 7.03. The lowest BCUT2D eigenvalue weighted by Gasteiger charge is -2.16. The van der Waals surface area contributed by atoms with Gasteiger partial charge in [-0.2, -0.15) is 13.2 Å². The molecule has 9 nitrogen and oxygen atoms in total. The Morgan fingerprint density at radius 3 is 2.33 bits per heavy atom. The van der Waals surface area contributed by atoms with Gasteiger partial charge in [0, 0.05) is 31.4 Å². The van der Waals surface area contributed by atoms with Crippen molar-refractivity contribution < 1.29 is 32.2 Å². The molecule has 1 heterocycles. The van der Waals surface area contributed by atoms with Gasteiger partial charge in [0.1, 0.15) is 17.2 Å². The number of urea groups is 1. The predicted molar refractivity (Wildman–Crippen MR) is 142 cm³/mol. The molecule has 0 radical (unpaired) electrons. The summed E-state index contributed by atoms with van der Waals surface area (Å²) >= 11 is 12.0. The first-order valence-corrected chi connectivity index (χ1v) is 12.0. The van der Waals surface area contributed by atoms with Crippen LogP contribution in [0.1, 0.15) is 15.9 Å². The van der Waals surface area contributed by atoms with Crippen LogP contribution in [-0.4, -0.2) is 56.1 Å². The van der Waals surface area contributed by atoms with Gasteiger partial charge in [-0.05, 0) is 38.4 Å². The third-order valence-electron chi connectivity index (χ3n) is 5.09. The molecule has 0 aliphatic rings. The lowest BCUT2D eigenvalue weighted by Crippen LogP contribution is -2.31. The van der Waals surface area contributed by atoms with Crippen LogP contribution in [-0.2, 0) is 6.18 Å². The zero-order valence-electron chi connectivity index (χ0n) is 21.0. The highest BCUT2D eigenvalue weighted by Crippen LogP contribution is 2.40. The van der Waals surface area contributed by atoms with Gasteiger partial charge in [-0.1, -0.05) is 23.2 Å². The average Bonchev–Trinajstić information content (AvgIpc) is 2.85. The summed E-state index contributed by atoms with van der Waals surface area (Å²) in [4.78, 5) is 30.8. The topological polar surface area (TPSA) is 105 Å². The van der Waals surface area contributed by atoms with E-state index >= 15 is 0 Å². The van der Waals surface area contributed by atoms with E-state index in [1.165, 1.54) is 43.8 Å². The van der Waals surface area contributed by atoms with Gasteiger partial charge in [-0.25, -0.2) is 4.79 Å². The number of aromatic nitrogens is 1. The quantitative estimate of drug-likeness (QED) is 0.278. The summed E-state index contributed by atoms with van der Waals surface area (Å²) in [5.41, 5.74) is -0.929. The van der Waals surface area contributed by atoms with E-state index in [0.717, 1.165) is 6.07 Å². The number of halogens is 5. The van der Waals surface area contributed by atoms with Crippen molar-refractivity contribution in [3.63, 3.8) is 0 Å². The predicted octanol–water partition coefficient (Wildman–Crippen LogP) is 6.14. The zero-order chi connectivity index (χ0) is 28.7. The van der Waals surface area contributed by atoms with Gasteiger partial charge < -0.3 is 30.3 Å². The lowest BCUT2D eigenvalue weighted by atomic mass is 10.1. The maximum Gasteiger partial charge on any atom is 0.417 e. The number of amides is 3. The largest absolute Gasteiger partial charge is 0.495 e. The number of anilines is 2. The zero-order valence-corrected chi connectivity index (χ0v) is 22.5. The summed E-state index contributed by atoms with van der Waals surface area (Å²) in [6.45, 7) is 1.14. The number of hydrogen-bond donors (Lipinski definition) is 3. The van der Waals surface area contributed by atoms with Gasteiger partial charge in [0.15, 0.2) is 0 Å². The molecule has 1 aromatic heterocycles. The molecule has 2 aromatic carbocycles. The highest BCUT2D eigenvalue weighted by atomic mass is 35.5. The molecule has 3 N–H and O–H groups in total. The molecule has 0 fully saturated rings. The van der Waals surface area contributed by atoms with Crippen molar-refractivity contribution >= 4 is 46.5 Å². The second-order valence-electron chi connectivity index (χ2n) is 8.32. The fourth-order valence-corrected chi connectivity index (χ4v) is 3.68. The number of nitrogens with zero attached hydrogens (tertiary/aromatic N) is 2. The van der Waals surface area contributed by atoms with Crippen LogP contribution < -0.4 is 25.4 Å². The number of alkyl halides is 3. The third-order valence-corrected chi connectivity index (χ3v) is 5.71. The molecule has 14 heteroatoms. The maximum absolute atomic E-state index is 13.2. The second kappa shape index (κ2) is 12.9. The molecule has 3 rings (SSSR count). The van der Waals surface area contributed by atoms with Gasteiger partial charge in [0.05, 0.1) is 45.9 Å². The van der Waals surface area contributed by atoms with Crippen molar-refractivity contribution in [2.75, 3.05) is 44.9 Å². The van der Waals surface area contributed by atoms with Gasteiger partial charge in [0.2, 0.25) is 0 Å². The molecule has 3 amide bonds. The van der Waals surface area contributed by atoms with Crippen molar-refractivity contribution in [1.29, 1.82) is 0 Å². The van der Waals surface area contributed by atoms with Crippen LogP contribution in [0.5, 0.6) is 17.2 Å². The van der Waals surface area contributed by atoms with Crippen molar-refractivity contribution in [2.45, 2.75) is 6.18 Å². The van der Waals surface area contributed by atoms with Crippen molar-refractivity contribution in [3.8, 4) is 17.2 Å². The summed E-state index contributed by atoms with van der Waals surface area (Å²) in [7, 11) is 5.01. The van der Waals surface area contributed by atoms with E-state index in [0.29, 0.717) is 24.7 Å². The molecule has 0 spiro atoms. The minimum atomic E-state index is -4.74. The Morgan fingerprint density at radius 1 is 0.974 bits per heavy atom. The first-order valence-electron chi connectivity index (χ1n) is 11.3. The number of methoxy groups -OCH3 is 1. The van der Waals surface area contributed by atoms with Crippen LogP contribution in [0, 0.1) is 0 Å². The number of pyridine rings is 1. The fourth-order valence-electron chi connectivity index (χ4n) is 3.21. The molecule has 0 aliphatic heterocycles. The first kappa shape index (κ1) is 29.8. The minimum Gasteiger partial charge on any atom is -0.495 e. The van der Waals surface area contributed by atoms with Crippen molar-refractivity contribution in [2.24, 2.45) is 0 Å². The molecule has 0 bridgehead atoms. The van der Waals surface area contributed by atoms with Gasteiger partial charge in [0.25, 0.3) is 5.91 Å². The van der Waals surface area contributed by atoms with E-state index in [1.54, 1.807) is 0 Å². The molecule has 0 aliphatic carbocycles. The molecular weight excluding hydrogens is 562 g/mol. The number of hydrogen-bond acceptors (Lipinski definition) is 6. The van der Waals surface area contributed by atoms with E-state index in [2.05, 4.69) is 20.9 Å². The summed E-state index contributed by atoms with van der Waals surface area (Å²) in [6, 6.07) is 6.60. The van der Waals surface area contributed by atoms with E-state index in [4.69, 9.17) is 32.7 Å². The van der Waals surface area contributed by atoms with E-state index in [-0.39, 0.29) is 39.6 Å². The SMILES string of the molecule is COc1cc(Cl)c(C(F)(F)F)cc1NC(=O)Nc1ccc(Oc2cncc(C(=O)NCCN(C)C)c2)cc1Cl. The van der Waals surface area contributed by atoms with E-state index in [1.807, 2.05) is 19.0 Å². The fraction of sp³-hybridized carbons (Fsp3) is 0.240. The third kappa shape index (κ3) is 8.37. The van der Waals surface area contributed by atoms with Crippen molar-refractivity contribution in [3.05, 3.63) is 70.0 Å². The molecule has 0 unspecified atom stereocenters. The number of ether oxygens (including phenoxy) is 2. The molecule has 0 saturated heterocycles. The normalized spacial score (nSPS) is 11.2.